The van der Waals surface area contributed by atoms with E-state index in [2.05, 4.69) is 21.2 Å². The summed E-state index contributed by atoms with van der Waals surface area (Å²) in [6.07, 6.45) is -0.554. The highest BCUT2D eigenvalue weighted by molar-refractivity contribution is 9.10. The van der Waals surface area contributed by atoms with Crippen molar-refractivity contribution in [2.24, 2.45) is 0 Å². The normalized spacial score (nSPS) is 17.3. The Morgan fingerprint density at radius 3 is 2.89 bits per heavy atom. The molecule has 0 saturated heterocycles. The molecule has 1 aliphatic heterocycles. The Morgan fingerprint density at radius 2 is 2.05 bits per heavy atom. The molecular weight excluding hydrogens is 316 g/mol. The van der Waals surface area contributed by atoms with Gasteiger partial charge >= 0.3 is 0 Å². The highest BCUT2D eigenvalue weighted by atomic mass is 79.9. The number of fused-ring (bicyclic) bond motifs is 1. The third-order valence-corrected chi connectivity index (χ3v) is 3.63. The fourth-order valence-corrected chi connectivity index (χ4v) is 2.55. The molecule has 2 aromatic rings. The minimum atomic E-state index is -0.554. The fraction of sp³-hybridized carbons (Fsp3) is 0.143. The minimum absolute atomic E-state index is 0.217. The van der Waals surface area contributed by atoms with Crippen molar-refractivity contribution in [3.8, 4) is 5.75 Å². The average Bonchev–Trinajstić information content (AvgIpc) is 2.42. The first kappa shape index (κ1) is 12.4. The van der Waals surface area contributed by atoms with E-state index in [0.29, 0.717) is 12.3 Å². The lowest BCUT2D eigenvalue weighted by Gasteiger charge is -2.28. The topological polar surface area (TPSA) is 21.3 Å². The Morgan fingerprint density at radius 1 is 1.21 bits per heavy atom. The van der Waals surface area contributed by atoms with Crippen LogP contribution in [0.4, 0.5) is 14.5 Å². The maximum Gasteiger partial charge on any atom is 0.157 e. The molecule has 5 heteroatoms. The third-order valence-electron chi connectivity index (χ3n) is 3.01. The van der Waals surface area contributed by atoms with Gasteiger partial charge in [0.1, 0.15) is 17.7 Å². The van der Waals surface area contributed by atoms with Crippen molar-refractivity contribution in [1.29, 1.82) is 0 Å². The maximum atomic E-state index is 13.7. The summed E-state index contributed by atoms with van der Waals surface area (Å²) in [6.45, 7) is 0.393. The van der Waals surface area contributed by atoms with Crippen LogP contribution in [-0.4, -0.2) is 6.54 Å². The number of para-hydroxylation sites is 1. The quantitative estimate of drug-likeness (QED) is 0.845. The lowest BCUT2D eigenvalue weighted by atomic mass is 10.1. The Balaban J connectivity index is 1.97. The second kappa shape index (κ2) is 4.81. The molecule has 19 heavy (non-hydrogen) atoms. The van der Waals surface area contributed by atoms with Gasteiger partial charge < -0.3 is 10.1 Å². The van der Waals surface area contributed by atoms with Gasteiger partial charge in [0.2, 0.25) is 0 Å². The van der Waals surface area contributed by atoms with Gasteiger partial charge in [-0.15, -0.1) is 0 Å². The van der Waals surface area contributed by atoms with Gasteiger partial charge in [0.25, 0.3) is 0 Å². The summed E-state index contributed by atoms with van der Waals surface area (Å²) < 4.78 is 33.5. The molecule has 1 atom stereocenters. The third kappa shape index (κ3) is 2.30. The Labute approximate surface area is 117 Å². The van der Waals surface area contributed by atoms with Gasteiger partial charge in [-0.2, -0.15) is 0 Å². The van der Waals surface area contributed by atoms with Gasteiger partial charge in [0, 0.05) is 5.56 Å². The van der Waals surface area contributed by atoms with Gasteiger partial charge in [-0.3, -0.25) is 0 Å². The number of hydrogen-bond donors (Lipinski definition) is 1. The van der Waals surface area contributed by atoms with E-state index in [4.69, 9.17) is 4.74 Å². The molecule has 0 spiro atoms. The molecule has 0 fully saturated rings. The molecule has 0 amide bonds. The molecule has 0 radical (unpaired) electrons. The smallest absolute Gasteiger partial charge is 0.157 e. The van der Waals surface area contributed by atoms with E-state index in [1.165, 1.54) is 6.07 Å². The van der Waals surface area contributed by atoms with Crippen LogP contribution >= 0.6 is 15.9 Å². The van der Waals surface area contributed by atoms with Crippen LogP contribution in [0, 0.1) is 11.6 Å². The fourth-order valence-electron chi connectivity index (χ4n) is 2.09. The predicted molar refractivity (Wildman–Crippen MR) is 72.4 cm³/mol. The van der Waals surface area contributed by atoms with E-state index in [1.807, 2.05) is 18.2 Å². The van der Waals surface area contributed by atoms with E-state index in [-0.39, 0.29) is 5.56 Å². The number of nitrogens with one attached hydrogen (secondary N) is 1. The van der Waals surface area contributed by atoms with E-state index in [0.717, 1.165) is 22.3 Å². The number of halogens is 3. The van der Waals surface area contributed by atoms with Gasteiger partial charge in [-0.05, 0) is 46.3 Å². The van der Waals surface area contributed by atoms with Gasteiger partial charge in [0.05, 0.1) is 16.7 Å². The van der Waals surface area contributed by atoms with Crippen molar-refractivity contribution in [3.05, 3.63) is 58.1 Å². The summed E-state index contributed by atoms with van der Waals surface area (Å²) in [5.41, 5.74) is 1.05. The molecule has 0 bridgehead atoms. The lowest BCUT2D eigenvalue weighted by Crippen LogP contribution is -2.24. The number of benzene rings is 2. The largest absolute Gasteiger partial charge is 0.480 e. The van der Waals surface area contributed by atoms with Crippen LogP contribution in [0.5, 0.6) is 5.75 Å². The number of anilines is 1. The maximum absolute atomic E-state index is 13.7. The van der Waals surface area contributed by atoms with Crippen LogP contribution in [-0.2, 0) is 0 Å². The van der Waals surface area contributed by atoms with E-state index in [1.54, 1.807) is 0 Å². The molecule has 1 heterocycles. The summed E-state index contributed by atoms with van der Waals surface area (Å²) in [7, 11) is 0. The second-order valence-electron chi connectivity index (χ2n) is 4.27. The molecule has 2 nitrogen and oxygen atoms in total. The zero-order valence-corrected chi connectivity index (χ0v) is 11.4. The zero-order valence-electron chi connectivity index (χ0n) is 9.79. The molecule has 0 aliphatic carbocycles. The number of hydrogen-bond acceptors (Lipinski definition) is 2. The SMILES string of the molecule is Fc1ccc(F)c(C2CNc3cccc(Br)c3O2)c1. The summed E-state index contributed by atoms with van der Waals surface area (Å²) in [4.78, 5) is 0. The highest BCUT2D eigenvalue weighted by Crippen LogP contribution is 2.40. The van der Waals surface area contributed by atoms with Crippen LogP contribution < -0.4 is 10.1 Å². The minimum Gasteiger partial charge on any atom is -0.480 e. The predicted octanol–water partition coefficient (Wildman–Crippen LogP) is 4.27. The molecule has 0 saturated carbocycles. The second-order valence-corrected chi connectivity index (χ2v) is 5.12. The highest BCUT2D eigenvalue weighted by Gasteiger charge is 2.25. The first-order chi connectivity index (χ1) is 9.15. The molecule has 2 aromatic carbocycles. The standard InChI is InChI=1S/C14H10BrF2NO/c15-10-2-1-3-12-14(10)19-13(7-18-12)9-6-8(16)4-5-11(9)17/h1-6,13,18H,7H2. The summed E-state index contributed by atoms with van der Waals surface area (Å²) >= 11 is 3.38. The van der Waals surface area contributed by atoms with Gasteiger partial charge in [0.15, 0.2) is 5.75 Å². The van der Waals surface area contributed by atoms with Crippen molar-refractivity contribution >= 4 is 21.6 Å². The van der Waals surface area contributed by atoms with Crippen molar-refractivity contribution in [1.82, 2.24) is 0 Å². The molecule has 1 unspecified atom stereocenters. The van der Waals surface area contributed by atoms with Crippen molar-refractivity contribution < 1.29 is 13.5 Å². The van der Waals surface area contributed by atoms with Crippen molar-refractivity contribution in [2.45, 2.75) is 6.10 Å². The Hall–Kier alpha value is -1.62. The average molecular weight is 326 g/mol. The Kier molecular flexibility index (Phi) is 3.14. The molecule has 98 valence electrons. The van der Waals surface area contributed by atoms with Crippen LogP contribution in [0.3, 0.4) is 0 Å². The number of rotatable bonds is 1. The summed E-state index contributed by atoms with van der Waals surface area (Å²) in [5, 5.41) is 3.15. The van der Waals surface area contributed by atoms with E-state index >= 15 is 0 Å². The Bertz CT molecular complexity index is 633. The molecule has 1 aliphatic rings. The lowest BCUT2D eigenvalue weighted by molar-refractivity contribution is 0.203. The number of ether oxygens (including phenoxy) is 1. The van der Waals surface area contributed by atoms with Crippen LogP contribution in [0.25, 0.3) is 0 Å². The molecular formula is C14H10BrF2NO. The summed E-state index contributed by atoms with van der Waals surface area (Å²) in [6, 6.07) is 8.97. The first-order valence-electron chi connectivity index (χ1n) is 5.79. The van der Waals surface area contributed by atoms with Crippen LogP contribution in [0.2, 0.25) is 0 Å². The van der Waals surface area contributed by atoms with Crippen LogP contribution in [0.1, 0.15) is 11.7 Å². The van der Waals surface area contributed by atoms with Gasteiger partial charge in [-0.1, -0.05) is 6.07 Å². The first-order valence-corrected chi connectivity index (χ1v) is 6.58. The van der Waals surface area contributed by atoms with E-state index < -0.39 is 17.7 Å². The van der Waals surface area contributed by atoms with Crippen LogP contribution in [0.15, 0.2) is 40.9 Å². The molecule has 1 N–H and O–H groups in total. The zero-order chi connectivity index (χ0) is 13.4. The molecule has 3 rings (SSSR count). The van der Waals surface area contributed by atoms with Gasteiger partial charge in [-0.25, -0.2) is 8.78 Å². The van der Waals surface area contributed by atoms with Crippen molar-refractivity contribution in [2.75, 3.05) is 11.9 Å². The van der Waals surface area contributed by atoms with Crippen molar-refractivity contribution in [3.63, 3.8) is 0 Å². The molecule has 0 aromatic heterocycles. The monoisotopic (exact) mass is 325 g/mol. The summed E-state index contributed by atoms with van der Waals surface area (Å²) in [5.74, 6) is -0.330. The van der Waals surface area contributed by atoms with E-state index in [9.17, 15) is 8.78 Å².